The van der Waals surface area contributed by atoms with Crippen LogP contribution in [0.1, 0.15) is 17.3 Å². The van der Waals surface area contributed by atoms with Crippen molar-refractivity contribution in [2.45, 2.75) is 11.8 Å². The first kappa shape index (κ1) is 18.0. The number of carbonyl (C=O) groups excluding carboxylic acids is 1. The van der Waals surface area contributed by atoms with Gasteiger partial charge in [0.05, 0.1) is 7.11 Å². The Morgan fingerprint density at radius 3 is 2.42 bits per heavy atom. The zero-order valence-electron chi connectivity index (χ0n) is 13.8. The second kappa shape index (κ2) is 7.46. The molecule has 2 aromatic rings. The molecule has 0 saturated heterocycles. The normalized spacial score (nSPS) is 11.1. The molecule has 0 radical (unpaired) electrons. The van der Waals surface area contributed by atoms with Gasteiger partial charge in [-0.15, -0.1) is 0 Å². The summed E-state index contributed by atoms with van der Waals surface area (Å²) < 4.78 is 32.1. The average molecular weight is 348 g/mol. The number of hydrogen-bond donors (Lipinski definition) is 1. The van der Waals surface area contributed by atoms with E-state index in [2.05, 4.69) is 4.72 Å². The maximum Gasteiger partial charge on any atom is 0.258 e. The van der Waals surface area contributed by atoms with Gasteiger partial charge >= 0.3 is 0 Å². The van der Waals surface area contributed by atoms with Crippen molar-refractivity contribution in [1.82, 2.24) is 4.72 Å². The molecule has 0 aromatic heterocycles. The van der Waals surface area contributed by atoms with Gasteiger partial charge in [-0.2, -0.15) is 0 Å². The predicted octanol–water partition coefficient (Wildman–Crippen LogP) is 2.27. The third-order valence-corrected chi connectivity index (χ3v) is 5.05. The summed E-state index contributed by atoms with van der Waals surface area (Å²) in [4.78, 5) is 14.1. The molecule has 0 aliphatic heterocycles. The van der Waals surface area contributed by atoms with Crippen LogP contribution in [0.5, 0.6) is 5.75 Å². The van der Waals surface area contributed by atoms with E-state index in [-0.39, 0.29) is 28.7 Å². The largest absolute Gasteiger partial charge is 0.495 e. The third kappa shape index (κ3) is 3.74. The predicted molar refractivity (Wildman–Crippen MR) is 93.0 cm³/mol. The average Bonchev–Trinajstić information content (AvgIpc) is 2.60. The van der Waals surface area contributed by atoms with Crippen LogP contribution in [0.25, 0.3) is 0 Å². The van der Waals surface area contributed by atoms with Crippen molar-refractivity contribution in [3.8, 4) is 5.75 Å². The Labute approximate surface area is 142 Å². The lowest BCUT2D eigenvalue weighted by Gasteiger charge is -2.18. The highest BCUT2D eigenvalue weighted by atomic mass is 32.2. The molecule has 7 heteroatoms. The zero-order chi connectivity index (χ0) is 17.7. The molecular formula is C17H20N2O4S. The number of nitrogens with one attached hydrogen (secondary N) is 1. The lowest BCUT2D eigenvalue weighted by atomic mass is 10.2. The van der Waals surface area contributed by atoms with Gasteiger partial charge in [0.2, 0.25) is 10.0 Å². The van der Waals surface area contributed by atoms with Gasteiger partial charge in [0.15, 0.2) is 0 Å². The topological polar surface area (TPSA) is 75.7 Å². The Morgan fingerprint density at radius 1 is 1.17 bits per heavy atom. The number of para-hydroxylation sites is 1. The molecule has 128 valence electrons. The summed E-state index contributed by atoms with van der Waals surface area (Å²) in [7, 11) is -0.719. The molecule has 0 aliphatic rings. The Bertz CT molecular complexity index is 820. The SMILES string of the molecule is CCNS(=O)(=O)c1cc(C(=O)N(C)c2ccccc2)ccc1OC. The van der Waals surface area contributed by atoms with Crippen LogP contribution in [0.4, 0.5) is 5.69 Å². The summed E-state index contributed by atoms with van der Waals surface area (Å²) in [5, 5.41) is 0. The monoisotopic (exact) mass is 348 g/mol. The Kier molecular flexibility index (Phi) is 5.58. The fraction of sp³-hybridized carbons (Fsp3) is 0.235. The summed E-state index contributed by atoms with van der Waals surface area (Å²) in [6, 6.07) is 13.5. The Hall–Kier alpha value is -2.38. The van der Waals surface area contributed by atoms with Crippen LogP contribution < -0.4 is 14.4 Å². The first-order valence-electron chi connectivity index (χ1n) is 7.41. The van der Waals surface area contributed by atoms with Gasteiger partial charge < -0.3 is 9.64 Å². The molecule has 1 amide bonds. The van der Waals surface area contributed by atoms with Crippen LogP contribution in [0.2, 0.25) is 0 Å². The van der Waals surface area contributed by atoms with Crippen molar-refractivity contribution in [3.05, 3.63) is 54.1 Å². The standard InChI is InChI=1S/C17H20N2O4S/c1-4-18-24(21,22)16-12-13(10-11-15(16)23-3)17(20)19(2)14-8-6-5-7-9-14/h5-12,18H,4H2,1-3H3. The van der Waals surface area contributed by atoms with Crippen LogP contribution >= 0.6 is 0 Å². The highest BCUT2D eigenvalue weighted by Gasteiger charge is 2.22. The number of hydrogen-bond acceptors (Lipinski definition) is 4. The molecule has 6 nitrogen and oxygen atoms in total. The number of ether oxygens (including phenoxy) is 1. The number of methoxy groups -OCH3 is 1. The van der Waals surface area contributed by atoms with Gasteiger partial charge in [0, 0.05) is 24.8 Å². The van der Waals surface area contributed by atoms with Crippen LogP contribution in [0.3, 0.4) is 0 Å². The van der Waals surface area contributed by atoms with Gasteiger partial charge in [0.25, 0.3) is 5.91 Å². The molecule has 0 spiro atoms. The molecule has 24 heavy (non-hydrogen) atoms. The molecule has 0 heterocycles. The molecule has 0 unspecified atom stereocenters. The van der Waals surface area contributed by atoms with E-state index < -0.39 is 10.0 Å². The number of anilines is 1. The minimum absolute atomic E-state index is 0.0563. The molecule has 1 N–H and O–H groups in total. The number of carbonyl (C=O) groups is 1. The number of rotatable bonds is 6. The number of sulfonamides is 1. The van der Waals surface area contributed by atoms with Gasteiger partial charge in [-0.05, 0) is 30.3 Å². The van der Waals surface area contributed by atoms with Crippen molar-refractivity contribution in [1.29, 1.82) is 0 Å². The first-order chi connectivity index (χ1) is 11.4. The van der Waals surface area contributed by atoms with Crippen LogP contribution in [0, 0.1) is 0 Å². The van der Waals surface area contributed by atoms with E-state index >= 15 is 0 Å². The fourth-order valence-electron chi connectivity index (χ4n) is 2.25. The number of amides is 1. The van der Waals surface area contributed by atoms with Gasteiger partial charge in [0.1, 0.15) is 10.6 Å². The molecule has 0 atom stereocenters. The van der Waals surface area contributed by atoms with Crippen LogP contribution in [-0.2, 0) is 10.0 Å². The smallest absolute Gasteiger partial charge is 0.258 e. The van der Waals surface area contributed by atoms with Crippen molar-refractivity contribution < 1.29 is 17.9 Å². The highest BCUT2D eigenvalue weighted by Crippen LogP contribution is 2.26. The Morgan fingerprint density at radius 2 is 1.83 bits per heavy atom. The summed E-state index contributed by atoms with van der Waals surface area (Å²) in [5.74, 6) is -0.119. The van der Waals surface area contributed by atoms with Gasteiger partial charge in [-0.3, -0.25) is 4.79 Å². The van der Waals surface area contributed by atoms with E-state index in [4.69, 9.17) is 4.74 Å². The third-order valence-electron chi connectivity index (χ3n) is 3.48. The fourth-order valence-corrected chi connectivity index (χ4v) is 3.48. The lowest BCUT2D eigenvalue weighted by Crippen LogP contribution is -2.27. The van der Waals surface area contributed by atoms with Crippen molar-refractivity contribution in [2.75, 3.05) is 25.6 Å². The van der Waals surface area contributed by atoms with E-state index in [1.165, 1.54) is 24.1 Å². The lowest BCUT2D eigenvalue weighted by molar-refractivity contribution is 0.0992. The number of nitrogens with zero attached hydrogens (tertiary/aromatic N) is 1. The van der Waals surface area contributed by atoms with Gasteiger partial charge in [-0.1, -0.05) is 25.1 Å². The minimum Gasteiger partial charge on any atom is -0.495 e. The maximum atomic E-state index is 12.7. The minimum atomic E-state index is -3.75. The summed E-state index contributed by atoms with van der Waals surface area (Å²) in [6.07, 6.45) is 0. The highest BCUT2D eigenvalue weighted by molar-refractivity contribution is 7.89. The quantitative estimate of drug-likeness (QED) is 0.869. The maximum absolute atomic E-state index is 12.7. The van der Waals surface area contributed by atoms with E-state index in [1.54, 1.807) is 32.2 Å². The molecule has 0 bridgehead atoms. The van der Waals surface area contributed by atoms with Crippen molar-refractivity contribution in [3.63, 3.8) is 0 Å². The number of benzene rings is 2. The molecule has 0 fully saturated rings. The van der Waals surface area contributed by atoms with E-state index in [1.807, 2.05) is 18.2 Å². The molecule has 0 aliphatic carbocycles. The van der Waals surface area contributed by atoms with E-state index in [9.17, 15) is 13.2 Å². The summed E-state index contributed by atoms with van der Waals surface area (Å²) in [6.45, 7) is 1.93. The molecular weight excluding hydrogens is 328 g/mol. The van der Waals surface area contributed by atoms with E-state index in [0.29, 0.717) is 0 Å². The first-order valence-corrected chi connectivity index (χ1v) is 8.90. The molecule has 0 saturated carbocycles. The second-order valence-electron chi connectivity index (χ2n) is 5.07. The van der Waals surface area contributed by atoms with Crippen LogP contribution in [0.15, 0.2) is 53.4 Å². The molecule has 2 rings (SSSR count). The van der Waals surface area contributed by atoms with Crippen molar-refractivity contribution in [2.24, 2.45) is 0 Å². The molecule has 2 aromatic carbocycles. The van der Waals surface area contributed by atoms with Crippen molar-refractivity contribution >= 4 is 21.6 Å². The summed E-state index contributed by atoms with van der Waals surface area (Å²) in [5.41, 5.74) is 0.980. The summed E-state index contributed by atoms with van der Waals surface area (Å²) >= 11 is 0. The second-order valence-corrected chi connectivity index (χ2v) is 6.80. The van der Waals surface area contributed by atoms with E-state index in [0.717, 1.165) is 5.69 Å². The van der Waals surface area contributed by atoms with Crippen LogP contribution in [-0.4, -0.2) is 35.0 Å². The Balaban J connectivity index is 2.43. The van der Waals surface area contributed by atoms with Gasteiger partial charge in [-0.25, -0.2) is 13.1 Å². The zero-order valence-corrected chi connectivity index (χ0v) is 14.6.